The maximum atomic E-state index is 12.0. The van der Waals surface area contributed by atoms with Gasteiger partial charge in [-0.25, -0.2) is 9.97 Å². The number of amides is 1. The van der Waals surface area contributed by atoms with Crippen LogP contribution < -0.4 is 10.6 Å². The molecule has 7 heteroatoms. The molecular weight excluding hydrogens is 280 g/mol. The van der Waals surface area contributed by atoms with Crippen molar-refractivity contribution in [2.24, 2.45) is 11.1 Å². The topological polar surface area (TPSA) is 91.1 Å². The van der Waals surface area contributed by atoms with Crippen molar-refractivity contribution in [1.82, 2.24) is 19.9 Å². The molecule has 1 spiro atoms. The van der Waals surface area contributed by atoms with Gasteiger partial charge in [-0.15, -0.1) is 0 Å². The lowest BCUT2D eigenvalue weighted by Gasteiger charge is -2.30. The summed E-state index contributed by atoms with van der Waals surface area (Å²) in [7, 11) is 2.07. The maximum Gasteiger partial charge on any atom is 0.236 e. The van der Waals surface area contributed by atoms with E-state index in [1.165, 1.54) is 0 Å². The molecule has 2 aromatic rings. The van der Waals surface area contributed by atoms with Gasteiger partial charge in [0.15, 0.2) is 0 Å². The fourth-order valence-electron chi connectivity index (χ4n) is 3.74. The molecule has 2 aliphatic rings. The van der Waals surface area contributed by atoms with Crippen molar-refractivity contribution in [3.05, 3.63) is 18.6 Å². The molecule has 7 nitrogen and oxygen atoms in total. The second kappa shape index (κ2) is 4.67. The normalized spacial score (nSPS) is 22.5. The summed E-state index contributed by atoms with van der Waals surface area (Å²) in [5.74, 6) is 0.959. The van der Waals surface area contributed by atoms with E-state index in [0.717, 1.165) is 42.8 Å². The van der Waals surface area contributed by atoms with E-state index < -0.39 is 0 Å². The summed E-state index contributed by atoms with van der Waals surface area (Å²) in [6.45, 7) is 1.63. The predicted octanol–water partition coefficient (Wildman–Crippen LogP) is 0.344. The third kappa shape index (κ3) is 1.89. The Morgan fingerprint density at radius 1 is 1.55 bits per heavy atom. The van der Waals surface area contributed by atoms with Gasteiger partial charge in [0.2, 0.25) is 5.91 Å². The molecule has 0 radical (unpaired) electrons. The number of carbonyl (C=O) groups is 1. The third-order valence-corrected chi connectivity index (χ3v) is 5.16. The molecule has 3 heterocycles. The molecule has 0 unspecified atom stereocenters. The summed E-state index contributed by atoms with van der Waals surface area (Å²) in [6, 6.07) is 2.29. The number of H-pyrrole nitrogens is 1. The summed E-state index contributed by atoms with van der Waals surface area (Å²) in [6.07, 6.45) is 5.79. The van der Waals surface area contributed by atoms with Gasteiger partial charge in [-0.05, 0) is 18.9 Å². The molecule has 116 valence electrons. The number of likely N-dealkylation sites (N-methyl/N-ethyl adjacent to an activating group) is 1. The highest BCUT2D eigenvalue weighted by molar-refractivity contribution is 5.87. The lowest BCUT2D eigenvalue weighted by molar-refractivity contribution is -0.128. The highest BCUT2D eigenvalue weighted by atomic mass is 16.2. The number of carbonyl (C=O) groups excluding carboxylic acids is 1. The maximum absolute atomic E-state index is 12.0. The Morgan fingerprint density at radius 2 is 2.36 bits per heavy atom. The van der Waals surface area contributed by atoms with E-state index in [1.54, 1.807) is 6.33 Å². The number of likely N-dealkylation sites (tertiary alicyclic amines) is 1. The van der Waals surface area contributed by atoms with Crippen LogP contribution in [-0.4, -0.2) is 58.5 Å². The van der Waals surface area contributed by atoms with Gasteiger partial charge in [0.05, 0.1) is 18.0 Å². The van der Waals surface area contributed by atoms with E-state index in [0.29, 0.717) is 0 Å². The number of rotatable bonds is 3. The van der Waals surface area contributed by atoms with Crippen molar-refractivity contribution < 1.29 is 4.79 Å². The summed E-state index contributed by atoms with van der Waals surface area (Å²) in [4.78, 5) is 27.9. The molecule has 3 N–H and O–H groups in total. The zero-order chi connectivity index (χ0) is 15.3. The lowest BCUT2D eigenvalue weighted by Crippen LogP contribution is -2.41. The average molecular weight is 300 g/mol. The lowest BCUT2D eigenvalue weighted by atomic mass is 9.99. The summed E-state index contributed by atoms with van der Waals surface area (Å²) in [5, 5.41) is 1.02. The van der Waals surface area contributed by atoms with Crippen molar-refractivity contribution in [3.8, 4) is 0 Å². The molecule has 1 saturated carbocycles. The zero-order valence-corrected chi connectivity index (χ0v) is 12.6. The first-order valence-corrected chi connectivity index (χ1v) is 7.63. The molecule has 1 aliphatic carbocycles. The van der Waals surface area contributed by atoms with Crippen molar-refractivity contribution >= 4 is 22.8 Å². The molecule has 22 heavy (non-hydrogen) atoms. The molecule has 0 bridgehead atoms. The molecule has 2 aromatic heterocycles. The van der Waals surface area contributed by atoms with Gasteiger partial charge < -0.3 is 20.5 Å². The molecule has 4 rings (SSSR count). The Kier molecular flexibility index (Phi) is 2.87. The van der Waals surface area contributed by atoms with Crippen LogP contribution in [0.15, 0.2) is 18.6 Å². The van der Waals surface area contributed by atoms with Crippen molar-refractivity contribution in [3.63, 3.8) is 0 Å². The van der Waals surface area contributed by atoms with E-state index in [-0.39, 0.29) is 23.9 Å². The van der Waals surface area contributed by atoms with E-state index in [2.05, 4.69) is 26.9 Å². The molecule has 1 aliphatic heterocycles. The predicted molar refractivity (Wildman–Crippen MR) is 83.4 cm³/mol. The van der Waals surface area contributed by atoms with Crippen LogP contribution in [0, 0.1) is 5.41 Å². The number of nitrogens with zero attached hydrogens (tertiary/aromatic N) is 4. The van der Waals surface area contributed by atoms with Crippen molar-refractivity contribution in [1.29, 1.82) is 0 Å². The molecule has 2 fully saturated rings. The van der Waals surface area contributed by atoms with Crippen LogP contribution in [0.5, 0.6) is 0 Å². The van der Waals surface area contributed by atoms with Gasteiger partial charge in [-0.2, -0.15) is 0 Å². The number of nitrogens with one attached hydrogen (secondary N) is 1. The van der Waals surface area contributed by atoms with Gasteiger partial charge in [0.1, 0.15) is 17.8 Å². The van der Waals surface area contributed by atoms with E-state index in [9.17, 15) is 4.79 Å². The summed E-state index contributed by atoms with van der Waals surface area (Å²) < 4.78 is 0. The van der Waals surface area contributed by atoms with Crippen LogP contribution >= 0.6 is 0 Å². The first kappa shape index (κ1) is 13.5. The molecule has 0 aromatic carbocycles. The standard InChI is InChI=1S/C15H20N6O/c1-20(14-10-2-5-17-13(10)18-9-19-14)11-7-21(12(22)6-16)8-15(11)3-4-15/h2,5,9,11H,3-4,6-8,16H2,1H3,(H,17,18,19)/t11-/m1/s1. The van der Waals surface area contributed by atoms with Gasteiger partial charge in [-0.1, -0.05) is 0 Å². The van der Waals surface area contributed by atoms with Crippen LogP contribution in [0.1, 0.15) is 12.8 Å². The summed E-state index contributed by atoms with van der Waals surface area (Å²) in [5.41, 5.74) is 6.58. The Bertz CT molecular complexity index is 722. The Labute approximate surface area is 128 Å². The average Bonchev–Trinajstić information content (AvgIpc) is 2.99. The minimum absolute atomic E-state index is 0.0386. The Balaban J connectivity index is 1.66. The number of aromatic amines is 1. The number of fused-ring (bicyclic) bond motifs is 1. The number of hydrogen-bond donors (Lipinski definition) is 2. The summed E-state index contributed by atoms with van der Waals surface area (Å²) >= 11 is 0. The highest BCUT2D eigenvalue weighted by Gasteiger charge is 2.57. The number of hydrogen-bond acceptors (Lipinski definition) is 5. The smallest absolute Gasteiger partial charge is 0.236 e. The van der Waals surface area contributed by atoms with Crippen molar-refractivity contribution in [2.45, 2.75) is 18.9 Å². The first-order chi connectivity index (χ1) is 10.6. The minimum Gasteiger partial charge on any atom is -0.354 e. The molecule has 1 atom stereocenters. The quantitative estimate of drug-likeness (QED) is 0.853. The fourth-order valence-corrected chi connectivity index (χ4v) is 3.74. The van der Waals surface area contributed by atoms with E-state index in [4.69, 9.17) is 5.73 Å². The van der Waals surface area contributed by atoms with Gasteiger partial charge in [0, 0.05) is 31.7 Å². The second-order valence-corrected chi connectivity index (χ2v) is 6.40. The minimum atomic E-state index is 0.0386. The van der Waals surface area contributed by atoms with E-state index in [1.807, 2.05) is 17.2 Å². The molecular formula is C15H20N6O. The largest absolute Gasteiger partial charge is 0.354 e. The molecule has 1 saturated heterocycles. The molecule has 1 amide bonds. The fraction of sp³-hybridized carbons (Fsp3) is 0.533. The van der Waals surface area contributed by atoms with Gasteiger partial charge >= 0.3 is 0 Å². The van der Waals surface area contributed by atoms with E-state index >= 15 is 0 Å². The Hall–Kier alpha value is -2.15. The third-order valence-electron chi connectivity index (χ3n) is 5.16. The highest BCUT2D eigenvalue weighted by Crippen LogP contribution is 2.54. The first-order valence-electron chi connectivity index (χ1n) is 7.63. The SMILES string of the molecule is CN(c1ncnc2[nH]ccc12)[C@@H]1CN(C(=O)CN)CC12CC2. The van der Waals surface area contributed by atoms with Crippen LogP contribution in [0.4, 0.5) is 5.82 Å². The number of anilines is 1. The Morgan fingerprint density at radius 3 is 3.09 bits per heavy atom. The van der Waals surface area contributed by atoms with Crippen LogP contribution in [0.2, 0.25) is 0 Å². The van der Waals surface area contributed by atoms with Crippen LogP contribution in [0.3, 0.4) is 0 Å². The van der Waals surface area contributed by atoms with Crippen molar-refractivity contribution in [2.75, 3.05) is 31.6 Å². The van der Waals surface area contributed by atoms with Gasteiger partial charge in [-0.3, -0.25) is 4.79 Å². The number of nitrogens with two attached hydrogens (primary N) is 1. The number of aromatic nitrogens is 3. The van der Waals surface area contributed by atoms with Crippen LogP contribution in [-0.2, 0) is 4.79 Å². The monoisotopic (exact) mass is 300 g/mol. The zero-order valence-electron chi connectivity index (χ0n) is 12.6. The van der Waals surface area contributed by atoms with Gasteiger partial charge in [0.25, 0.3) is 0 Å². The van der Waals surface area contributed by atoms with Crippen LogP contribution in [0.25, 0.3) is 11.0 Å². The second-order valence-electron chi connectivity index (χ2n) is 6.40.